The molecule has 1 heterocycles. The molecule has 0 saturated heterocycles. The number of aromatic nitrogens is 1. The molecule has 0 amide bonds. The number of nitrogens with zero attached hydrogens (tertiary/aromatic N) is 1. The Bertz CT molecular complexity index is 561. The van der Waals surface area contributed by atoms with Gasteiger partial charge in [-0.2, -0.15) is 0 Å². The van der Waals surface area contributed by atoms with Gasteiger partial charge in [0.25, 0.3) is 0 Å². The minimum absolute atomic E-state index is 0.132. The molecule has 108 valence electrons. The van der Waals surface area contributed by atoms with Crippen molar-refractivity contribution in [2.75, 3.05) is 13.7 Å². The number of rotatable bonds is 6. The van der Waals surface area contributed by atoms with Crippen LogP contribution < -0.4 is 10.1 Å². The van der Waals surface area contributed by atoms with Crippen molar-refractivity contribution in [3.05, 3.63) is 38.8 Å². The second kappa shape index (κ2) is 7.06. The molecule has 2 rings (SSSR count). The molecule has 0 radical (unpaired) electrons. The van der Waals surface area contributed by atoms with Gasteiger partial charge in [-0.05, 0) is 33.6 Å². The summed E-state index contributed by atoms with van der Waals surface area (Å²) in [6.07, 6.45) is 1.83. The first kappa shape index (κ1) is 15.3. The average molecular weight is 357 g/mol. The van der Waals surface area contributed by atoms with Gasteiger partial charge in [-0.1, -0.05) is 6.92 Å². The number of thiazole rings is 1. The Balaban J connectivity index is 1.93. The van der Waals surface area contributed by atoms with E-state index in [1.54, 1.807) is 18.4 Å². The van der Waals surface area contributed by atoms with E-state index in [0.29, 0.717) is 22.7 Å². The zero-order chi connectivity index (χ0) is 14.5. The number of hydrogen-bond donors (Lipinski definition) is 2. The molecule has 0 saturated carbocycles. The first-order valence-electron chi connectivity index (χ1n) is 6.27. The summed E-state index contributed by atoms with van der Waals surface area (Å²) in [5.74, 6) is 0.994. The summed E-state index contributed by atoms with van der Waals surface area (Å²) < 4.78 is 5.78. The quantitative estimate of drug-likeness (QED) is 0.831. The van der Waals surface area contributed by atoms with E-state index in [-0.39, 0.29) is 5.75 Å². The number of aromatic hydroxyl groups is 1. The molecule has 2 aromatic rings. The largest absolute Gasteiger partial charge is 0.503 e. The summed E-state index contributed by atoms with van der Waals surface area (Å²) >= 11 is 5.00. The molecule has 1 unspecified atom stereocenters. The second-order valence-electron chi connectivity index (χ2n) is 4.53. The number of ether oxygens (including phenoxy) is 1. The molecule has 0 fully saturated rings. The fourth-order valence-corrected chi connectivity index (χ4v) is 3.07. The molecule has 6 heteroatoms. The molecule has 1 aromatic heterocycles. The second-order valence-corrected chi connectivity index (χ2v) is 6.31. The molecular formula is C14H17BrN2O2S. The Labute approximate surface area is 130 Å². The topological polar surface area (TPSA) is 54.4 Å². The molecular weight excluding hydrogens is 340 g/mol. The van der Waals surface area contributed by atoms with E-state index in [2.05, 4.69) is 33.2 Å². The van der Waals surface area contributed by atoms with Crippen molar-refractivity contribution < 1.29 is 9.84 Å². The van der Waals surface area contributed by atoms with Crippen molar-refractivity contribution >= 4 is 27.3 Å². The molecule has 0 aliphatic carbocycles. The summed E-state index contributed by atoms with van der Waals surface area (Å²) in [6, 6.07) is 3.72. The van der Waals surface area contributed by atoms with Crippen molar-refractivity contribution in [1.29, 1.82) is 0 Å². The van der Waals surface area contributed by atoms with Gasteiger partial charge in [0.1, 0.15) is 0 Å². The zero-order valence-electron chi connectivity index (χ0n) is 11.4. The highest BCUT2D eigenvalue weighted by Crippen LogP contribution is 2.35. The van der Waals surface area contributed by atoms with Crippen molar-refractivity contribution in [2.24, 2.45) is 0 Å². The highest BCUT2D eigenvalue weighted by atomic mass is 79.9. The van der Waals surface area contributed by atoms with Gasteiger partial charge in [-0.25, -0.2) is 4.98 Å². The Kier molecular flexibility index (Phi) is 5.39. The van der Waals surface area contributed by atoms with Gasteiger partial charge in [0.05, 0.1) is 16.6 Å². The van der Waals surface area contributed by atoms with E-state index in [9.17, 15) is 5.11 Å². The van der Waals surface area contributed by atoms with Crippen LogP contribution in [0.1, 0.15) is 23.4 Å². The van der Waals surface area contributed by atoms with Gasteiger partial charge in [0.2, 0.25) is 0 Å². The number of nitrogens with one attached hydrogen (secondary N) is 1. The third-order valence-corrected chi connectivity index (χ3v) is 4.57. The van der Waals surface area contributed by atoms with Crippen LogP contribution in [0.2, 0.25) is 0 Å². The fraction of sp³-hybridized carbons (Fsp3) is 0.357. The molecule has 2 N–H and O–H groups in total. The van der Waals surface area contributed by atoms with Gasteiger partial charge in [0, 0.05) is 30.6 Å². The molecule has 1 atom stereocenters. The van der Waals surface area contributed by atoms with Crippen LogP contribution in [-0.2, 0) is 6.54 Å². The monoisotopic (exact) mass is 356 g/mol. The van der Waals surface area contributed by atoms with Crippen LogP contribution in [0.25, 0.3) is 0 Å². The molecule has 4 nitrogen and oxygen atoms in total. The summed E-state index contributed by atoms with van der Waals surface area (Å²) in [5, 5.41) is 16.3. The SMILES string of the molecule is COc1cc(CNCC(C)c2nccs2)cc(Br)c1O. The highest BCUT2D eigenvalue weighted by Gasteiger charge is 2.10. The van der Waals surface area contributed by atoms with Crippen molar-refractivity contribution in [3.8, 4) is 11.5 Å². The first-order valence-corrected chi connectivity index (χ1v) is 7.94. The summed E-state index contributed by atoms with van der Waals surface area (Å²) in [5.41, 5.74) is 1.05. The van der Waals surface area contributed by atoms with Gasteiger partial charge in [-0.3, -0.25) is 0 Å². The van der Waals surface area contributed by atoms with E-state index in [4.69, 9.17) is 4.74 Å². The molecule has 0 aliphatic rings. The lowest BCUT2D eigenvalue weighted by atomic mass is 10.1. The summed E-state index contributed by atoms with van der Waals surface area (Å²) in [7, 11) is 1.54. The minimum Gasteiger partial charge on any atom is -0.503 e. The van der Waals surface area contributed by atoms with Crippen LogP contribution >= 0.6 is 27.3 Å². The number of methoxy groups -OCH3 is 1. The fourth-order valence-electron chi connectivity index (χ4n) is 1.88. The van der Waals surface area contributed by atoms with Crippen LogP contribution in [0.3, 0.4) is 0 Å². The van der Waals surface area contributed by atoms with Crippen LogP contribution in [-0.4, -0.2) is 23.7 Å². The summed E-state index contributed by atoms with van der Waals surface area (Å²) in [4.78, 5) is 4.31. The van der Waals surface area contributed by atoms with Crippen LogP contribution in [0.5, 0.6) is 11.5 Å². The normalized spacial score (nSPS) is 12.3. The first-order chi connectivity index (χ1) is 9.61. The smallest absolute Gasteiger partial charge is 0.172 e. The van der Waals surface area contributed by atoms with Crippen molar-refractivity contribution in [2.45, 2.75) is 19.4 Å². The van der Waals surface area contributed by atoms with Gasteiger partial charge in [-0.15, -0.1) is 11.3 Å². The zero-order valence-corrected chi connectivity index (χ0v) is 13.8. The lowest BCUT2D eigenvalue weighted by molar-refractivity contribution is 0.371. The standard InChI is InChI=1S/C14H17BrN2O2S/c1-9(14-17-3-4-20-14)7-16-8-10-5-11(15)13(18)12(6-10)19-2/h3-6,9,16,18H,7-8H2,1-2H3. The number of benzene rings is 1. The Morgan fingerprint density at radius 2 is 2.30 bits per heavy atom. The van der Waals surface area contributed by atoms with Crippen LogP contribution in [0.4, 0.5) is 0 Å². The minimum atomic E-state index is 0.132. The number of hydrogen-bond acceptors (Lipinski definition) is 5. The maximum Gasteiger partial charge on any atom is 0.172 e. The third kappa shape index (κ3) is 3.71. The van der Waals surface area contributed by atoms with E-state index in [1.165, 1.54) is 0 Å². The Morgan fingerprint density at radius 1 is 1.50 bits per heavy atom. The van der Waals surface area contributed by atoms with Gasteiger partial charge >= 0.3 is 0 Å². The average Bonchev–Trinajstić information content (AvgIpc) is 2.96. The molecule has 0 spiro atoms. The predicted octanol–water partition coefficient (Wildman–Crippen LogP) is 3.51. The Morgan fingerprint density at radius 3 is 2.95 bits per heavy atom. The summed E-state index contributed by atoms with van der Waals surface area (Å²) in [6.45, 7) is 3.72. The van der Waals surface area contributed by atoms with E-state index >= 15 is 0 Å². The van der Waals surface area contributed by atoms with E-state index in [0.717, 1.165) is 17.1 Å². The van der Waals surface area contributed by atoms with Gasteiger partial charge in [0.15, 0.2) is 11.5 Å². The molecule has 0 aliphatic heterocycles. The van der Waals surface area contributed by atoms with Crippen molar-refractivity contribution in [1.82, 2.24) is 10.3 Å². The van der Waals surface area contributed by atoms with Gasteiger partial charge < -0.3 is 15.2 Å². The number of halogens is 1. The predicted molar refractivity (Wildman–Crippen MR) is 84.6 cm³/mol. The lowest BCUT2D eigenvalue weighted by Crippen LogP contribution is -2.19. The maximum absolute atomic E-state index is 9.76. The third-order valence-electron chi connectivity index (χ3n) is 2.96. The lowest BCUT2D eigenvalue weighted by Gasteiger charge is -2.12. The van der Waals surface area contributed by atoms with E-state index in [1.807, 2.05) is 23.7 Å². The number of phenols is 1. The maximum atomic E-state index is 9.76. The highest BCUT2D eigenvalue weighted by molar-refractivity contribution is 9.10. The molecule has 20 heavy (non-hydrogen) atoms. The number of phenolic OH excluding ortho intramolecular Hbond substituents is 1. The van der Waals surface area contributed by atoms with Crippen molar-refractivity contribution in [3.63, 3.8) is 0 Å². The molecule has 0 bridgehead atoms. The molecule has 1 aromatic carbocycles. The van der Waals surface area contributed by atoms with E-state index < -0.39 is 0 Å². The van der Waals surface area contributed by atoms with Crippen LogP contribution in [0.15, 0.2) is 28.2 Å². The Hall–Kier alpha value is -1.11. The van der Waals surface area contributed by atoms with Crippen LogP contribution in [0, 0.1) is 0 Å².